The van der Waals surface area contributed by atoms with Crippen molar-refractivity contribution in [2.24, 2.45) is 11.7 Å². The summed E-state index contributed by atoms with van der Waals surface area (Å²) in [6.45, 7) is 6.36. The summed E-state index contributed by atoms with van der Waals surface area (Å²) in [5.74, 6) is 2.45. The van der Waals surface area contributed by atoms with E-state index >= 15 is 0 Å². The minimum absolute atomic E-state index is 0.167. The first-order valence-corrected chi connectivity index (χ1v) is 7.81. The molecule has 0 bridgehead atoms. The second-order valence-corrected chi connectivity index (χ2v) is 6.36. The third-order valence-corrected chi connectivity index (χ3v) is 4.15. The van der Waals surface area contributed by atoms with E-state index in [1.807, 2.05) is 12.1 Å². The summed E-state index contributed by atoms with van der Waals surface area (Å²) in [6.07, 6.45) is 0.854. The zero-order valence-corrected chi connectivity index (χ0v) is 13.0. The third-order valence-electron chi connectivity index (χ3n) is 2.98. The van der Waals surface area contributed by atoms with Crippen LogP contribution in [0, 0.1) is 12.8 Å². The van der Waals surface area contributed by atoms with Gasteiger partial charge in [0.05, 0.1) is 11.8 Å². The maximum atomic E-state index is 6.04. The van der Waals surface area contributed by atoms with Gasteiger partial charge in [0.25, 0.3) is 0 Å². The highest BCUT2D eigenvalue weighted by Gasteiger charge is 2.16. The van der Waals surface area contributed by atoms with E-state index in [-0.39, 0.29) is 6.04 Å². The second-order valence-electron chi connectivity index (χ2n) is 5.34. The van der Waals surface area contributed by atoms with E-state index < -0.39 is 0 Å². The van der Waals surface area contributed by atoms with Gasteiger partial charge in [0.15, 0.2) is 5.82 Å². The van der Waals surface area contributed by atoms with Crippen molar-refractivity contribution < 1.29 is 4.52 Å². The van der Waals surface area contributed by atoms with Crippen molar-refractivity contribution in [2.75, 3.05) is 0 Å². The Kier molecular flexibility index (Phi) is 5.20. The Bertz CT molecular complexity index is 554. The first-order chi connectivity index (χ1) is 9.56. The Morgan fingerprint density at radius 1 is 1.30 bits per heavy atom. The zero-order valence-electron chi connectivity index (χ0n) is 12.2. The standard InChI is InChI=1S/C15H21N3OS/c1-10(2)8-12(16)15-17-14(18-19-15)9-20-13-7-5-4-6-11(13)3/h4-7,10,12H,8-9,16H2,1-3H3. The van der Waals surface area contributed by atoms with Crippen molar-refractivity contribution in [2.45, 2.75) is 43.9 Å². The number of rotatable bonds is 6. The first kappa shape index (κ1) is 15.1. The highest BCUT2D eigenvalue weighted by molar-refractivity contribution is 7.98. The van der Waals surface area contributed by atoms with Crippen LogP contribution in [0.3, 0.4) is 0 Å². The number of hydrogen-bond donors (Lipinski definition) is 1. The molecule has 1 aromatic carbocycles. The largest absolute Gasteiger partial charge is 0.338 e. The van der Waals surface area contributed by atoms with Gasteiger partial charge in [-0.05, 0) is 30.9 Å². The number of aryl methyl sites for hydroxylation is 1. The molecule has 1 atom stereocenters. The molecule has 1 aromatic heterocycles. The highest BCUT2D eigenvalue weighted by Crippen LogP contribution is 2.25. The van der Waals surface area contributed by atoms with Gasteiger partial charge in [-0.25, -0.2) is 0 Å². The fourth-order valence-electron chi connectivity index (χ4n) is 1.95. The molecule has 5 heteroatoms. The number of nitrogens with zero attached hydrogens (tertiary/aromatic N) is 2. The minimum atomic E-state index is -0.167. The smallest absolute Gasteiger partial charge is 0.243 e. The predicted molar refractivity (Wildman–Crippen MR) is 81.4 cm³/mol. The average molecular weight is 291 g/mol. The van der Waals surface area contributed by atoms with Gasteiger partial charge < -0.3 is 10.3 Å². The number of benzene rings is 1. The molecular formula is C15H21N3OS. The molecule has 1 heterocycles. The summed E-state index contributed by atoms with van der Waals surface area (Å²) in [5, 5.41) is 4.00. The molecule has 2 rings (SSSR count). The van der Waals surface area contributed by atoms with Crippen molar-refractivity contribution in [3.8, 4) is 0 Å². The molecule has 0 aliphatic rings. The van der Waals surface area contributed by atoms with Crippen molar-refractivity contribution in [1.82, 2.24) is 10.1 Å². The van der Waals surface area contributed by atoms with Gasteiger partial charge in [-0.1, -0.05) is 37.2 Å². The van der Waals surface area contributed by atoms with Crippen LogP contribution < -0.4 is 5.73 Å². The second kappa shape index (κ2) is 6.90. The van der Waals surface area contributed by atoms with Gasteiger partial charge in [0.1, 0.15) is 0 Å². The van der Waals surface area contributed by atoms with Crippen LogP contribution in [0.4, 0.5) is 0 Å². The Morgan fingerprint density at radius 3 is 2.75 bits per heavy atom. The van der Waals surface area contributed by atoms with E-state index in [1.54, 1.807) is 11.8 Å². The molecule has 108 valence electrons. The van der Waals surface area contributed by atoms with Crippen LogP contribution in [0.1, 0.15) is 43.6 Å². The van der Waals surface area contributed by atoms with E-state index in [0.29, 0.717) is 23.4 Å². The maximum absolute atomic E-state index is 6.04. The van der Waals surface area contributed by atoms with E-state index in [2.05, 4.69) is 43.0 Å². The van der Waals surface area contributed by atoms with Crippen LogP contribution in [-0.2, 0) is 5.75 Å². The normalized spacial score (nSPS) is 12.8. The molecule has 4 nitrogen and oxygen atoms in total. The zero-order chi connectivity index (χ0) is 14.5. The summed E-state index contributed by atoms with van der Waals surface area (Å²) in [4.78, 5) is 5.63. The van der Waals surface area contributed by atoms with Gasteiger partial charge in [0.2, 0.25) is 5.89 Å². The van der Waals surface area contributed by atoms with Crippen LogP contribution in [0.2, 0.25) is 0 Å². The molecule has 20 heavy (non-hydrogen) atoms. The number of aromatic nitrogens is 2. The van der Waals surface area contributed by atoms with Gasteiger partial charge in [0, 0.05) is 4.90 Å². The lowest BCUT2D eigenvalue weighted by Gasteiger charge is -2.08. The molecule has 0 saturated carbocycles. The molecule has 2 aromatic rings. The van der Waals surface area contributed by atoms with Crippen molar-refractivity contribution >= 4 is 11.8 Å². The molecule has 0 fully saturated rings. The molecule has 1 unspecified atom stereocenters. The highest BCUT2D eigenvalue weighted by atomic mass is 32.2. The summed E-state index contributed by atoms with van der Waals surface area (Å²) in [6, 6.07) is 8.11. The van der Waals surface area contributed by atoms with Gasteiger partial charge in [-0.2, -0.15) is 4.98 Å². The average Bonchev–Trinajstić information content (AvgIpc) is 2.86. The predicted octanol–water partition coefficient (Wildman–Crippen LogP) is 3.72. The molecule has 0 spiro atoms. The topological polar surface area (TPSA) is 64.9 Å². The third kappa shape index (κ3) is 4.08. The van der Waals surface area contributed by atoms with E-state index in [0.717, 1.165) is 6.42 Å². The molecule has 0 aliphatic heterocycles. The summed E-state index contributed by atoms with van der Waals surface area (Å²) in [5.41, 5.74) is 7.30. The quantitative estimate of drug-likeness (QED) is 0.822. The SMILES string of the molecule is Cc1ccccc1SCc1noc(C(N)CC(C)C)n1. The number of nitrogens with two attached hydrogens (primary N) is 1. The number of thioether (sulfide) groups is 1. The number of hydrogen-bond acceptors (Lipinski definition) is 5. The van der Waals surface area contributed by atoms with Crippen LogP contribution in [-0.4, -0.2) is 10.1 Å². The Morgan fingerprint density at radius 2 is 2.05 bits per heavy atom. The lowest BCUT2D eigenvalue weighted by molar-refractivity contribution is 0.333. The first-order valence-electron chi connectivity index (χ1n) is 6.82. The Hall–Kier alpha value is -1.33. The van der Waals surface area contributed by atoms with E-state index in [4.69, 9.17) is 10.3 Å². The lowest BCUT2D eigenvalue weighted by atomic mass is 10.0. The minimum Gasteiger partial charge on any atom is -0.338 e. The molecule has 0 amide bonds. The van der Waals surface area contributed by atoms with Crippen LogP contribution in [0.25, 0.3) is 0 Å². The van der Waals surface area contributed by atoms with Gasteiger partial charge in [-0.3, -0.25) is 0 Å². The van der Waals surface area contributed by atoms with Crippen molar-refractivity contribution in [3.05, 3.63) is 41.5 Å². The maximum Gasteiger partial charge on any atom is 0.243 e. The van der Waals surface area contributed by atoms with Crippen molar-refractivity contribution in [3.63, 3.8) is 0 Å². The lowest BCUT2D eigenvalue weighted by Crippen LogP contribution is -2.13. The monoisotopic (exact) mass is 291 g/mol. The summed E-state index contributed by atoms with van der Waals surface area (Å²) in [7, 11) is 0. The molecule has 0 aliphatic carbocycles. The molecular weight excluding hydrogens is 270 g/mol. The van der Waals surface area contributed by atoms with Crippen LogP contribution >= 0.6 is 11.8 Å². The fraction of sp³-hybridized carbons (Fsp3) is 0.467. The van der Waals surface area contributed by atoms with Gasteiger partial charge in [-0.15, -0.1) is 11.8 Å². The van der Waals surface area contributed by atoms with E-state index in [9.17, 15) is 0 Å². The van der Waals surface area contributed by atoms with E-state index in [1.165, 1.54) is 10.5 Å². The van der Waals surface area contributed by atoms with Gasteiger partial charge >= 0.3 is 0 Å². The molecule has 2 N–H and O–H groups in total. The van der Waals surface area contributed by atoms with Crippen LogP contribution in [0.15, 0.2) is 33.7 Å². The van der Waals surface area contributed by atoms with Crippen molar-refractivity contribution in [1.29, 1.82) is 0 Å². The molecule has 0 saturated heterocycles. The Balaban J connectivity index is 1.95. The van der Waals surface area contributed by atoms with Crippen LogP contribution in [0.5, 0.6) is 0 Å². The molecule has 0 radical (unpaired) electrons. The fourth-order valence-corrected chi connectivity index (χ4v) is 2.82. The summed E-state index contributed by atoms with van der Waals surface area (Å²) < 4.78 is 5.25. The summed E-state index contributed by atoms with van der Waals surface area (Å²) >= 11 is 1.71. The Labute approximate surface area is 124 Å².